The van der Waals surface area contributed by atoms with Crippen LogP contribution in [0.15, 0.2) is 36.4 Å². The lowest BCUT2D eigenvalue weighted by atomic mass is 10.0. The molecule has 0 fully saturated rings. The van der Waals surface area contributed by atoms with Gasteiger partial charge in [-0.25, -0.2) is 0 Å². The van der Waals surface area contributed by atoms with E-state index in [0.29, 0.717) is 6.04 Å². The first-order valence-electron chi connectivity index (χ1n) is 6.21. The lowest BCUT2D eigenvalue weighted by Gasteiger charge is -2.21. The normalized spacial score (nSPS) is 12.2. The highest BCUT2D eigenvalue weighted by atomic mass is 15.1. The van der Waals surface area contributed by atoms with Gasteiger partial charge in [0.05, 0.1) is 0 Å². The summed E-state index contributed by atoms with van der Waals surface area (Å²) in [6, 6.07) is 9.22. The fraction of sp³-hybridized carbons (Fsp3) is 0.467. The molecule has 0 saturated heterocycles. The summed E-state index contributed by atoms with van der Waals surface area (Å²) in [4.78, 5) is 2.21. The van der Waals surface area contributed by atoms with Crippen LogP contribution in [0, 0.1) is 0 Å². The van der Waals surface area contributed by atoms with Gasteiger partial charge in [0.15, 0.2) is 0 Å². The van der Waals surface area contributed by atoms with E-state index in [1.54, 1.807) is 0 Å². The lowest BCUT2D eigenvalue weighted by molar-refractivity contribution is 0.577. The summed E-state index contributed by atoms with van der Waals surface area (Å²) in [7, 11) is 4.11. The maximum Gasteiger partial charge on any atom is 0.0380 e. The molecule has 0 heterocycles. The first kappa shape index (κ1) is 13.8. The molecule has 0 spiro atoms. The summed E-state index contributed by atoms with van der Waals surface area (Å²) >= 11 is 0. The predicted octanol–water partition coefficient (Wildman–Crippen LogP) is 3.37. The first-order chi connectivity index (χ1) is 8.08. The van der Waals surface area contributed by atoms with E-state index in [-0.39, 0.29) is 0 Å². The molecule has 94 valence electrons. The molecule has 1 rings (SSSR count). The summed E-state index contributed by atoms with van der Waals surface area (Å²) in [5.41, 5.74) is 3.77. The van der Waals surface area contributed by atoms with Gasteiger partial charge in [0, 0.05) is 25.3 Å². The van der Waals surface area contributed by atoms with Crippen LogP contribution in [0.2, 0.25) is 0 Å². The summed E-state index contributed by atoms with van der Waals surface area (Å²) < 4.78 is 0. The minimum atomic E-state index is 0.454. The molecule has 1 atom stereocenters. The Balaban J connectivity index is 2.76. The molecule has 0 bridgehead atoms. The Morgan fingerprint density at radius 3 is 2.35 bits per heavy atom. The van der Waals surface area contributed by atoms with E-state index >= 15 is 0 Å². The van der Waals surface area contributed by atoms with E-state index < -0.39 is 0 Å². The molecule has 1 aromatic rings. The van der Waals surface area contributed by atoms with Crippen LogP contribution < -0.4 is 10.2 Å². The molecule has 1 unspecified atom stereocenters. The Kier molecular flexibility index (Phi) is 5.23. The number of likely N-dealkylation sites (N-methyl/N-ethyl adjacent to an activating group) is 1. The van der Waals surface area contributed by atoms with Crippen LogP contribution in [0.25, 0.3) is 0 Å². The molecule has 0 aliphatic heterocycles. The first-order valence-corrected chi connectivity index (χ1v) is 6.21. The SMILES string of the molecule is C=C(C)CN(C)c1ccc(C(CC)NC)cc1. The van der Waals surface area contributed by atoms with Crippen molar-refractivity contribution in [3.63, 3.8) is 0 Å². The van der Waals surface area contributed by atoms with E-state index in [0.717, 1.165) is 13.0 Å². The second-order valence-corrected chi connectivity index (χ2v) is 4.65. The van der Waals surface area contributed by atoms with E-state index in [1.165, 1.54) is 16.8 Å². The highest BCUT2D eigenvalue weighted by molar-refractivity contribution is 5.48. The van der Waals surface area contributed by atoms with Crippen molar-refractivity contribution < 1.29 is 0 Å². The Bertz CT molecular complexity index is 350. The second-order valence-electron chi connectivity index (χ2n) is 4.65. The van der Waals surface area contributed by atoms with Crippen molar-refractivity contribution >= 4 is 5.69 Å². The maximum absolute atomic E-state index is 3.94. The third-order valence-electron chi connectivity index (χ3n) is 3.00. The van der Waals surface area contributed by atoms with Crippen LogP contribution in [0.5, 0.6) is 0 Å². The monoisotopic (exact) mass is 232 g/mol. The number of nitrogens with one attached hydrogen (secondary N) is 1. The number of rotatable bonds is 6. The average molecular weight is 232 g/mol. The number of nitrogens with zero attached hydrogens (tertiary/aromatic N) is 1. The van der Waals surface area contributed by atoms with Gasteiger partial charge in [-0.2, -0.15) is 0 Å². The molecule has 0 aliphatic carbocycles. The zero-order valence-corrected chi connectivity index (χ0v) is 11.5. The van der Waals surface area contributed by atoms with Gasteiger partial charge in [-0.05, 0) is 38.1 Å². The van der Waals surface area contributed by atoms with Crippen molar-refractivity contribution in [2.75, 3.05) is 25.5 Å². The molecule has 0 saturated carbocycles. The van der Waals surface area contributed by atoms with Crippen molar-refractivity contribution in [1.82, 2.24) is 5.32 Å². The summed E-state index contributed by atoms with van der Waals surface area (Å²) in [5.74, 6) is 0. The highest BCUT2D eigenvalue weighted by Crippen LogP contribution is 2.20. The van der Waals surface area contributed by atoms with Gasteiger partial charge in [0.25, 0.3) is 0 Å². The Morgan fingerprint density at radius 1 is 1.35 bits per heavy atom. The van der Waals surface area contributed by atoms with Gasteiger partial charge >= 0.3 is 0 Å². The molecule has 17 heavy (non-hydrogen) atoms. The summed E-state index contributed by atoms with van der Waals surface area (Å²) in [6.45, 7) is 9.10. The number of hydrogen-bond donors (Lipinski definition) is 1. The van der Waals surface area contributed by atoms with Gasteiger partial charge < -0.3 is 10.2 Å². The molecular formula is C15H24N2. The molecule has 0 radical (unpaired) electrons. The fourth-order valence-electron chi connectivity index (χ4n) is 2.06. The third kappa shape index (κ3) is 3.90. The number of benzene rings is 1. The van der Waals surface area contributed by atoms with Crippen LogP contribution in [-0.2, 0) is 0 Å². The fourth-order valence-corrected chi connectivity index (χ4v) is 2.06. The molecule has 2 nitrogen and oxygen atoms in total. The van der Waals surface area contributed by atoms with Crippen molar-refractivity contribution in [1.29, 1.82) is 0 Å². The number of anilines is 1. The molecule has 0 aliphatic rings. The van der Waals surface area contributed by atoms with Crippen molar-refractivity contribution in [3.8, 4) is 0 Å². The minimum absolute atomic E-state index is 0.454. The highest BCUT2D eigenvalue weighted by Gasteiger charge is 2.07. The Morgan fingerprint density at radius 2 is 1.94 bits per heavy atom. The zero-order chi connectivity index (χ0) is 12.8. The quantitative estimate of drug-likeness (QED) is 0.757. The molecule has 1 N–H and O–H groups in total. The largest absolute Gasteiger partial charge is 0.371 e. The van der Waals surface area contributed by atoms with E-state index in [9.17, 15) is 0 Å². The van der Waals surface area contributed by atoms with Gasteiger partial charge in [-0.15, -0.1) is 0 Å². The Labute approximate surface area is 105 Å². The maximum atomic E-state index is 3.94. The van der Waals surface area contributed by atoms with E-state index in [2.05, 4.69) is 62.0 Å². The zero-order valence-electron chi connectivity index (χ0n) is 11.5. The lowest BCUT2D eigenvalue weighted by Crippen LogP contribution is -2.19. The van der Waals surface area contributed by atoms with Crippen molar-refractivity contribution in [3.05, 3.63) is 42.0 Å². The van der Waals surface area contributed by atoms with Crippen LogP contribution in [0.3, 0.4) is 0 Å². The molecule has 0 aromatic heterocycles. The van der Waals surface area contributed by atoms with Crippen LogP contribution in [0.4, 0.5) is 5.69 Å². The van der Waals surface area contributed by atoms with Gasteiger partial charge in [-0.3, -0.25) is 0 Å². The smallest absolute Gasteiger partial charge is 0.0380 e. The van der Waals surface area contributed by atoms with Gasteiger partial charge in [-0.1, -0.05) is 31.2 Å². The van der Waals surface area contributed by atoms with Gasteiger partial charge in [0.1, 0.15) is 0 Å². The molecular weight excluding hydrogens is 208 g/mol. The van der Waals surface area contributed by atoms with Crippen LogP contribution in [0.1, 0.15) is 31.9 Å². The summed E-state index contributed by atoms with van der Waals surface area (Å²) in [5, 5.41) is 3.32. The molecule has 0 amide bonds. The average Bonchev–Trinajstić information content (AvgIpc) is 2.30. The van der Waals surface area contributed by atoms with Gasteiger partial charge in [0.2, 0.25) is 0 Å². The second kappa shape index (κ2) is 6.45. The minimum Gasteiger partial charge on any atom is -0.371 e. The Hall–Kier alpha value is -1.28. The van der Waals surface area contributed by atoms with Crippen molar-refractivity contribution in [2.24, 2.45) is 0 Å². The third-order valence-corrected chi connectivity index (χ3v) is 3.00. The standard InChI is InChI=1S/C15H24N2/c1-6-15(16-4)13-7-9-14(10-8-13)17(5)11-12(2)3/h7-10,15-16H,2,6,11H2,1,3-5H3. The predicted molar refractivity (Wildman–Crippen MR) is 76.6 cm³/mol. The van der Waals surface area contributed by atoms with E-state index in [1.807, 2.05) is 7.05 Å². The van der Waals surface area contributed by atoms with E-state index in [4.69, 9.17) is 0 Å². The number of hydrogen-bond acceptors (Lipinski definition) is 2. The van der Waals surface area contributed by atoms with Crippen LogP contribution in [-0.4, -0.2) is 20.6 Å². The molecule has 1 aromatic carbocycles. The topological polar surface area (TPSA) is 15.3 Å². The van der Waals surface area contributed by atoms with Crippen molar-refractivity contribution in [2.45, 2.75) is 26.3 Å². The molecule has 2 heteroatoms. The summed E-state index contributed by atoms with van der Waals surface area (Å²) in [6.07, 6.45) is 1.11. The van der Waals surface area contributed by atoms with Crippen LogP contribution >= 0.6 is 0 Å².